The minimum Gasteiger partial charge on any atom is -0.480 e. The summed E-state index contributed by atoms with van der Waals surface area (Å²) in [5.74, 6) is -1.05. The standard InChI is InChI=1S/C12H19N3O3/c1-12(2,3)10-8(6-15(4)14-10)5-9(11(17)18)13-7-16/h6-7,9H,5H2,1-4H3,(H,13,16)(H,17,18). The molecule has 1 amide bonds. The minimum absolute atomic E-state index is 0.166. The van der Waals surface area contributed by atoms with E-state index in [1.807, 2.05) is 20.8 Å². The van der Waals surface area contributed by atoms with E-state index < -0.39 is 12.0 Å². The van der Waals surface area contributed by atoms with E-state index in [0.29, 0.717) is 6.41 Å². The number of carbonyl (C=O) groups is 2. The van der Waals surface area contributed by atoms with Crippen molar-refractivity contribution in [2.24, 2.45) is 7.05 Å². The summed E-state index contributed by atoms with van der Waals surface area (Å²) < 4.78 is 1.66. The van der Waals surface area contributed by atoms with Crippen LogP contribution in [0, 0.1) is 0 Å². The summed E-state index contributed by atoms with van der Waals surface area (Å²) in [6.07, 6.45) is 2.43. The van der Waals surface area contributed by atoms with Crippen molar-refractivity contribution < 1.29 is 14.7 Å². The van der Waals surface area contributed by atoms with Gasteiger partial charge in [0.1, 0.15) is 6.04 Å². The summed E-state index contributed by atoms with van der Waals surface area (Å²) in [6.45, 7) is 6.05. The second kappa shape index (κ2) is 5.20. The molecule has 1 heterocycles. The molecule has 0 aromatic carbocycles. The summed E-state index contributed by atoms with van der Waals surface area (Å²) >= 11 is 0. The lowest BCUT2D eigenvalue weighted by Gasteiger charge is -2.19. The Labute approximate surface area is 106 Å². The predicted octanol–water partition coefficient (Wildman–Crippen LogP) is 0.459. The van der Waals surface area contributed by atoms with Gasteiger partial charge in [-0.05, 0) is 5.56 Å². The Morgan fingerprint density at radius 2 is 2.22 bits per heavy atom. The van der Waals surface area contributed by atoms with Crippen LogP contribution >= 0.6 is 0 Å². The molecule has 1 aromatic rings. The van der Waals surface area contributed by atoms with Crippen molar-refractivity contribution in [1.29, 1.82) is 0 Å². The highest BCUT2D eigenvalue weighted by Crippen LogP contribution is 2.24. The first kappa shape index (κ1) is 14.2. The Hall–Kier alpha value is -1.85. The smallest absolute Gasteiger partial charge is 0.326 e. The van der Waals surface area contributed by atoms with Crippen LogP contribution in [0.15, 0.2) is 6.20 Å². The van der Waals surface area contributed by atoms with Crippen LogP contribution in [0.1, 0.15) is 32.0 Å². The number of carboxylic acids is 1. The fourth-order valence-corrected chi connectivity index (χ4v) is 1.84. The number of aliphatic carboxylic acids is 1. The van der Waals surface area contributed by atoms with E-state index in [1.54, 1.807) is 17.9 Å². The molecule has 6 nitrogen and oxygen atoms in total. The molecule has 100 valence electrons. The molecule has 1 unspecified atom stereocenters. The zero-order valence-electron chi connectivity index (χ0n) is 11.1. The lowest BCUT2D eigenvalue weighted by Crippen LogP contribution is -2.38. The van der Waals surface area contributed by atoms with E-state index in [4.69, 9.17) is 5.11 Å². The van der Waals surface area contributed by atoms with Gasteiger partial charge < -0.3 is 10.4 Å². The first-order valence-corrected chi connectivity index (χ1v) is 5.71. The Bertz CT molecular complexity index is 446. The maximum Gasteiger partial charge on any atom is 0.326 e. The first-order chi connectivity index (χ1) is 8.25. The second-order valence-corrected chi connectivity index (χ2v) is 5.31. The SMILES string of the molecule is Cn1cc(CC(NC=O)C(=O)O)c(C(C)(C)C)n1. The number of aromatic nitrogens is 2. The maximum atomic E-state index is 11.0. The number of aryl methyl sites for hydroxylation is 1. The molecule has 18 heavy (non-hydrogen) atoms. The minimum atomic E-state index is -1.05. The number of carboxylic acid groups (broad SMARTS) is 1. The molecule has 0 bridgehead atoms. The molecule has 2 N–H and O–H groups in total. The van der Waals surface area contributed by atoms with Gasteiger partial charge in [0.15, 0.2) is 0 Å². The molecule has 6 heteroatoms. The van der Waals surface area contributed by atoms with Gasteiger partial charge in [0.2, 0.25) is 6.41 Å². The molecular formula is C12H19N3O3. The molecule has 1 atom stereocenters. The average molecular weight is 253 g/mol. The van der Waals surface area contributed by atoms with Gasteiger partial charge in [-0.3, -0.25) is 9.48 Å². The van der Waals surface area contributed by atoms with Crippen molar-refractivity contribution in [2.45, 2.75) is 38.6 Å². The second-order valence-electron chi connectivity index (χ2n) is 5.31. The topological polar surface area (TPSA) is 84.2 Å². The quantitative estimate of drug-likeness (QED) is 0.747. The zero-order chi connectivity index (χ0) is 13.9. The summed E-state index contributed by atoms with van der Waals surface area (Å²) in [7, 11) is 1.79. The van der Waals surface area contributed by atoms with Crippen LogP contribution in [0.2, 0.25) is 0 Å². The summed E-state index contributed by atoms with van der Waals surface area (Å²) in [6, 6.07) is -0.923. The number of hydrogen-bond donors (Lipinski definition) is 2. The highest BCUT2D eigenvalue weighted by atomic mass is 16.4. The lowest BCUT2D eigenvalue weighted by atomic mass is 9.88. The first-order valence-electron chi connectivity index (χ1n) is 5.71. The van der Waals surface area contributed by atoms with Gasteiger partial charge >= 0.3 is 5.97 Å². The van der Waals surface area contributed by atoms with E-state index in [0.717, 1.165) is 11.3 Å². The average Bonchev–Trinajstić information content (AvgIpc) is 2.58. The number of amides is 1. The Kier molecular flexibility index (Phi) is 4.11. The molecule has 0 saturated heterocycles. The van der Waals surface area contributed by atoms with Crippen molar-refractivity contribution in [3.8, 4) is 0 Å². The molecule has 0 spiro atoms. The molecule has 0 aliphatic heterocycles. The van der Waals surface area contributed by atoms with Gasteiger partial charge in [0.25, 0.3) is 0 Å². The molecule has 0 fully saturated rings. The Balaban J connectivity index is 3.02. The summed E-state index contributed by atoms with van der Waals surface area (Å²) in [4.78, 5) is 21.4. The predicted molar refractivity (Wildman–Crippen MR) is 66.2 cm³/mol. The fraction of sp³-hybridized carbons (Fsp3) is 0.583. The lowest BCUT2D eigenvalue weighted by molar-refractivity contribution is -0.140. The number of nitrogens with one attached hydrogen (secondary N) is 1. The van der Waals surface area contributed by atoms with Crippen LogP contribution in [0.3, 0.4) is 0 Å². The monoisotopic (exact) mass is 253 g/mol. The van der Waals surface area contributed by atoms with Crippen LogP contribution in [-0.2, 0) is 28.5 Å². The van der Waals surface area contributed by atoms with Gasteiger partial charge in [0, 0.05) is 25.1 Å². The molecule has 0 radical (unpaired) electrons. The van der Waals surface area contributed by atoms with Gasteiger partial charge in [-0.1, -0.05) is 20.8 Å². The normalized spacial score (nSPS) is 13.1. The number of rotatable bonds is 5. The largest absolute Gasteiger partial charge is 0.480 e. The highest BCUT2D eigenvalue weighted by molar-refractivity contribution is 5.76. The van der Waals surface area contributed by atoms with E-state index in [9.17, 15) is 9.59 Å². The summed E-state index contributed by atoms with van der Waals surface area (Å²) in [5, 5.41) is 15.7. The van der Waals surface area contributed by atoms with Crippen molar-refractivity contribution in [1.82, 2.24) is 15.1 Å². The Morgan fingerprint density at radius 3 is 2.67 bits per heavy atom. The number of hydrogen-bond acceptors (Lipinski definition) is 3. The van der Waals surface area contributed by atoms with Crippen molar-refractivity contribution in [2.75, 3.05) is 0 Å². The van der Waals surface area contributed by atoms with Gasteiger partial charge in [-0.25, -0.2) is 4.79 Å². The molecule has 1 aromatic heterocycles. The third-order valence-electron chi connectivity index (χ3n) is 2.61. The van der Waals surface area contributed by atoms with Crippen LogP contribution < -0.4 is 5.32 Å². The van der Waals surface area contributed by atoms with Crippen LogP contribution in [0.25, 0.3) is 0 Å². The Morgan fingerprint density at radius 1 is 1.61 bits per heavy atom. The summed E-state index contributed by atoms with van der Waals surface area (Å²) in [5.41, 5.74) is 1.52. The zero-order valence-corrected chi connectivity index (χ0v) is 11.1. The van der Waals surface area contributed by atoms with E-state index in [1.165, 1.54) is 0 Å². The van der Waals surface area contributed by atoms with Gasteiger partial charge in [0.05, 0.1) is 5.69 Å². The number of nitrogens with zero attached hydrogens (tertiary/aromatic N) is 2. The fourth-order valence-electron chi connectivity index (χ4n) is 1.84. The molecule has 1 rings (SSSR count). The third-order valence-corrected chi connectivity index (χ3v) is 2.61. The molecule has 0 saturated carbocycles. The van der Waals surface area contributed by atoms with Gasteiger partial charge in [-0.15, -0.1) is 0 Å². The van der Waals surface area contributed by atoms with Crippen molar-refractivity contribution in [3.63, 3.8) is 0 Å². The molecule has 0 aliphatic carbocycles. The van der Waals surface area contributed by atoms with Crippen LogP contribution in [0.5, 0.6) is 0 Å². The van der Waals surface area contributed by atoms with Crippen LogP contribution in [0.4, 0.5) is 0 Å². The highest BCUT2D eigenvalue weighted by Gasteiger charge is 2.25. The van der Waals surface area contributed by atoms with Crippen LogP contribution in [-0.4, -0.2) is 33.3 Å². The molecular weight excluding hydrogens is 234 g/mol. The van der Waals surface area contributed by atoms with E-state index >= 15 is 0 Å². The molecule has 0 aliphatic rings. The van der Waals surface area contributed by atoms with Crippen molar-refractivity contribution in [3.05, 3.63) is 17.5 Å². The maximum absolute atomic E-state index is 11.0. The van der Waals surface area contributed by atoms with E-state index in [2.05, 4.69) is 10.4 Å². The number of carbonyl (C=O) groups excluding carboxylic acids is 1. The third kappa shape index (κ3) is 3.32. The van der Waals surface area contributed by atoms with E-state index in [-0.39, 0.29) is 11.8 Å². The van der Waals surface area contributed by atoms with Gasteiger partial charge in [-0.2, -0.15) is 5.10 Å². The van der Waals surface area contributed by atoms with Crippen molar-refractivity contribution >= 4 is 12.4 Å².